The van der Waals surface area contributed by atoms with Crippen molar-refractivity contribution in [2.75, 3.05) is 25.5 Å². The van der Waals surface area contributed by atoms with Crippen molar-refractivity contribution >= 4 is 17.7 Å². The van der Waals surface area contributed by atoms with Gasteiger partial charge in [0.1, 0.15) is 0 Å². The highest BCUT2D eigenvalue weighted by atomic mass is 16.4. The van der Waals surface area contributed by atoms with Gasteiger partial charge in [0.25, 0.3) is 0 Å². The molecule has 1 aliphatic rings. The van der Waals surface area contributed by atoms with Gasteiger partial charge in [0.05, 0.1) is 12.3 Å². The molecule has 0 saturated carbocycles. The molecule has 138 valence electrons. The summed E-state index contributed by atoms with van der Waals surface area (Å²) in [6.45, 7) is 1.79. The first-order chi connectivity index (χ1) is 12.4. The zero-order chi connectivity index (χ0) is 18.7. The average molecular weight is 356 g/mol. The first-order valence-corrected chi connectivity index (χ1v) is 8.76. The van der Waals surface area contributed by atoms with Crippen molar-refractivity contribution in [2.24, 2.45) is 13.0 Å². The molecule has 1 saturated heterocycles. The molecule has 2 N–H and O–H groups in total. The number of carbonyl (C=O) groups is 2. The molecule has 0 spiro atoms. The number of benzene rings is 1. The Morgan fingerprint density at radius 3 is 2.65 bits per heavy atom. The SMILES string of the molecule is CN1CCC[C@@H](C(=O)Nc2nn(C)cc2-c2ccc(CC(=O)O)cc2)C1. The number of carboxylic acid groups (broad SMARTS) is 1. The van der Waals surface area contributed by atoms with Gasteiger partial charge in [-0.15, -0.1) is 0 Å². The maximum atomic E-state index is 12.6. The number of piperidine rings is 1. The third kappa shape index (κ3) is 4.29. The number of aryl methyl sites for hydroxylation is 1. The molecule has 1 amide bonds. The summed E-state index contributed by atoms with van der Waals surface area (Å²) in [6, 6.07) is 7.30. The summed E-state index contributed by atoms with van der Waals surface area (Å²) in [5.74, 6) is -0.346. The Morgan fingerprint density at radius 1 is 1.27 bits per heavy atom. The molecule has 0 aliphatic carbocycles. The molecule has 3 rings (SSSR count). The lowest BCUT2D eigenvalue weighted by atomic mass is 9.97. The van der Waals surface area contributed by atoms with Crippen molar-refractivity contribution in [3.8, 4) is 11.1 Å². The maximum absolute atomic E-state index is 12.6. The monoisotopic (exact) mass is 356 g/mol. The molecule has 1 aromatic carbocycles. The van der Waals surface area contributed by atoms with Crippen LogP contribution in [0.25, 0.3) is 11.1 Å². The van der Waals surface area contributed by atoms with Gasteiger partial charge in [-0.25, -0.2) is 0 Å². The van der Waals surface area contributed by atoms with Crippen LogP contribution in [-0.2, 0) is 23.1 Å². The van der Waals surface area contributed by atoms with Crippen molar-refractivity contribution in [3.05, 3.63) is 36.0 Å². The first kappa shape index (κ1) is 18.1. The third-order valence-electron chi connectivity index (χ3n) is 4.69. The third-order valence-corrected chi connectivity index (χ3v) is 4.69. The number of rotatable bonds is 5. The van der Waals surface area contributed by atoms with E-state index in [-0.39, 0.29) is 18.2 Å². The minimum absolute atomic E-state index is 0.000928. The van der Waals surface area contributed by atoms with E-state index in [4.69, 9.17) is 5.11 Å². The van der Waals surface area contributed by atoms with Gasteiger partial charge >= 0.3 is 5.97 Å². The van der Waals surface area contributed by atoms with Gasteiger partial charge in [0, 0.05) is 25.4 Å². The van der Waals surface area contributed by atoms with E-state index in [1.807, 2.05) is 32.4 Å². The van der Waals surface area contributed by atoms with Crippen LogP contribution in [0.15, 0.2) is 30.5 Å². The van der Waals surface area contributed by atoms with Crippen molar-refractivity contribution < 1.29 is 14.7 Å². The van der Waals surface area contributed by atoms with Crippen LogP contribution in [0.1, 0.15) is 18.4 Å². The van der Waals surface area contributed by atoms with E-state index in [9.17, 15) is 9.59 Å². The number of carbonyl (C=O) groups excluding carboxylic acids is 1. The zero-order valence-electron chi connectivity index (χ0n) is 15.1. The normalized spacial score (nSPS) is 17.8. The standard InChI is InChI=1S/C19H24N4O3/c1-22-9-3-4-15(11-22)19(26)20-18-16(12-23(2)21-18)14-7-5-13(6-8-14)10-17(24)25/h5-8,12,15H,3-4,9-11H2,1-2H3,(H,24,25)(H,20,21,26)/t15-/m1/s1. The summed E-state index contributed by atoms with van der Waals surface area (Å²) in [5.41, 5.74) is 2.45. The number of likely N-dealkylation sites (tertiary alicyclic amines) is 1. The second-order valence-corrected chi connectivity index (χ2v) is 6.92. The van der Waals surface area contributed by atoms with Crippen molar-refractivity contribution in [1.82, 2.24) is 14.7 Å². The van der Waals surface area contributed by atoms with E-state index in [0.717, 1.165) is 42.6 Å². The smallest absolute Gasteiger partial charge is 0.307 e. The Kier molecular flexibility index (Phi) is 5.37. The fourth-order valence-corrected chi connectivity index (χ4v) is 3.37. The minimum atomic E-state index is -0.857. The molecule has 7 heteroatoms. The van der Waals surface area contributed by atoms with Crippen LogP contribution in [0.5, 0.6) is 0 Å². The van der Waals surface area contributed by atoms with Gasteiger partial charge in [0.2, 0.25) is 5.91 Å². The number of hydrogen-bond acceptors (Lipinski definition) is 4. The lowest BCUT2D eigenvalue weighted by Gasteiger charge is -2.28. The number of carboxylic acids is 1. The quantitative estimate of drug-likeness (QED) is 0.855. The number of aliphatic carboxylic acids is 1. The van der Waals surface area contributed by atoms with Crippen LogP contribution in [0, 0.1) is 5.92 Å². The Bertz CT molecular complexity index is 798. The van der Waals surface area contributed by atoms with E-state index < -0.39 is 5.97 Å². The molecule has 2 aromatic rings. The highest BCUT2D eigenvalue weighted by Crippen LogP contribution is 2.28. The van der Waals surface area contributed by atoms with Gasteiger partial charge < -0.3 is 15.3 Å². The molecule has 0 bridgehead atoms. The molecule has 2 heterocycles. The average Bonchev–Trinajstić information content (AvgIpc) is 2.95. The second-order valence-electron chi connectivity index (χ2n) is 6.92. The Morgan fingerprint density at radius 2 is 2.00 bits per heavy atom. The zero-order valence-corrected chi connectivity index (χ0v) is 15.1. The van der Waals surface area contributed by atoms with Gasteiger partial charge in [0.15, 0.2) is 5.82 Å². The Balaban J connectivity index is 1.77. The number of nitrogens with one attached hydrogen (secondary N) is 1. The van der Waals surface area contributed by atoms with E-state index in [1.54, 1.807) is 16.8 Å². The fourth-order valence-electron chi connectivity index (χ4n) is 3.37. The molecule has 0 unspecified atom stereocenters. The summed E-state index contributed by atoms with van der Waals surface area (Å²) in [5, 5.41) is 16.2. The number of hydrogen-bond donors (Lipinski definition) is 2. The summed E-state index contributed by atoms with van der Waals surface area (Å²) in [7, 11) is 3.84. The van der Waals surface area contributed by atoms with Gasteiger partial charge in [-0.1, -0.05) is 24.3 Å². The van der Waals surface area contributed by atoms with Crippen LogP contribution >= 0.6 is 0 Å². The minimum Gasteiger partial charge on any atom is -0.481 e. The second kappa shape index (κ2) is 7.70. The predicted molar refractivity (Wildman–Crippen MR) is 98.8 cm³/mol. The van der Waals surface area contributed by atoms with E-state index in [0.29, 0.717) is 5.82 Å². The van der Waals surface area contributed by atoms with Crippen molar-refractivity contribution in [3.63, 3.8) is 0 Å². The molecule has 1 fully saturated rings. The number of anilines is 1. The largest absolute Gasteiger partial charge is 0.481 e. The van der Waals surface area contributed by atoms with E-state index in [2.05, 4.69) is 15.3 Å². The van der Waals surface area contributed by atoms with Crippen LogP contribution in [0.4, 0.5) is 5.82 Å². The number of nitrogens with zero attached hydrogens (tertiary/aromatic N) is 3. The molecule has 1 aromatic heterocycles. The molecule has 26 heavy (non-hydrogen) atoms. The summed E-state index contributed by atoms with van der Waals surface area (Å²) >= 11 is 0. The number of aromatic nitrogens is 2. The molecule has 7 nitrogen and oxygen atoms in total. The molecular weight excluding hydrogens is 332 g/mol. The van der Waals surface area contributed by atoms with Gasteiger partial charge in [-0.05, 0) is 37.6 Å². The van der Waals surface area contributed by atoms with Crippen molar-refractivity contribution in [1.29, 1.82) is 0 Å². The lowest BCUT2D eigenvalue weighted by molar-refractivity contribution is -0.136. The molecule has 1 aliphatic heterocycles. The lowest BCUT2D eigenvalue weighted by Crippen LogP contribution is -2.38. The van der Waals surface area contributed by atoms with Crippen molar-refractivity contribution in [2.45, 2.75) is 19.3 Å². The molecular formula is C19H24N4O3. The summed E-state index contributed by atoms with van der Waals surface area (Å²) < 4.78 is 1.67. The van der Waals surface area contributed by atoms with Gasteiger partial charge in [-0.2, -0.15) is 5.10 Å². The molecule has 1 atom stereocenters. The highest BCUT2D eigenvalue weighted by molar-refractivity contribution is 5.95. The highest BCUT2D eigenvalue weighted by Gasteiger charge is 2.25. The van der Waals surface area contributed by atoms with E-state index in [1.165, 1.54) is 0 Å². The van der Waals surface area contributed by atoms with Gasteiger partial charge in [-0.3, -0.25) is 14.3 Å². The Labute approximate surface area is 152 Å². The first-order valence-electron chi connectivity index (χ1n) is 8.76. The molecule has 0 radical (unpaired) electrons. The number of amides is 1. The predicted octanol–water partition coefficient (Wildman–Crippen LogP) is 1.99. The van der Waals surface area contributed by atoms with Crippen LogP contribution in [-0.4, -0.2) is 51.8 Å². The van der Waals surface area contributed by atoms with Crippen LogP contribution in [0.2, 0.25) is 0 Å². The Hall–Kier alpha value is -2.67. The van der Waals surface area contributed by atoms with Crippen LogP contribution < -0.4 is 5.32 Å². The summed E-state index contributed by atoms with van der Waals surface area (Å²) in [4.78, 5) is 25.6. The summed E-state index contributed by atoms with van der Waals surface area (Å²) in [6.07, 6.45) is 3.76. The topological polar surface area (TPSA) is 87.5 Å². The fraction of sp³-hybridized carbons (Fsp3) is 0.421. The maximum Gasteiger partial charge on any atom is 0.307 e. The van der Waals surface area contributed by atoms with Crippen LogP contribution in [0.3, 0.4) is 0 Å². The van der Waals surface area contributed by atoms with E-state index >= 15 is 0 Å².